The Morgan fingerprint density at radius 1 is 0.846 bits per heavy atom. The zero-order valence-electron chi connectivity index (χ0n) is 15.3. The van der Waals surface area contributed by atoms with Crippen LogP contribution in [0.25, 0.3) is 0 Å². The van der Waals surface area contributed by atoms with Gasteiger partial charge in [0.15, 0.2) is 0 Å². The molecule has 0 radical (unpaired) electrons. The molecule has 0 heterocycles. The summed E-state index contributed by atoms with van der Waals surface area (Å²) in [6.07, 6.45) is 5.76. The van der Waals surface area contributed by atoms with Gasteiger partial charge in [0.1, 0.15) is 0 Å². The lowest BCUT2D eigenvalue weighted by Gasteiger charge is -2.22. The highest BCUT2D eigenvalue weighted by molar-refractivity contribution is 5.97. The van der Waals surface area contributed by atoms with E-state index < -0.39 is 0 Å². The second kappa shape index (κ2) is 8.65. The van der Waals surface area contributed by atoms with Crippen LogP contribution in [-0.4, -0.2) is 17.9 Å². The van der Waals surface area contributed by atoms with Crippen LogP contribution < -0.4 is 10.6 Å². The first kappa shape index (κ1) is 18.2. The molecule has 4 nitrogen and oxygen atoms in total. The van der Waals surface area contributed by atoms with Crippen molar-refractivity contribution < 1.29 is 9.59 Å². The van der Waals surface area contributed by atoms with Gasteiger partial charge in [0.05, 0.1) is 0 Å². The lowest BCUT2D eigenvalue weighted by Crippen LogP contribution is -2.36. The third-order valence-corrected chi connectivity index (χ3v) is 4.92. The summed E-state index contributed by atoms with van der Waals surface area (Å²) in [4.78, 5) is 24.6. The number of carbonyl (C=O) groups excluding carboxylic acids is 2. The SMILES string of the molecule is Cc1ccc(CNC(=O)c2ccc(C(=O)NC3CCCCC3)cc2)cc1. The van der Waals surface area contributed by atoms with Crippen LogP contribution in [0.1, 0.15) is 63.9 Å². The summed E-state index contributed by atoms with van der Waals surface area (Å²) in [6.45, 7) is 2.53. The quantitative estimate of drug-likeness (QED) is 0.857. The molecule has 2 aromatic rings. The van der Waals surface area contributed by atoms with Crippen LogP contribution in [-0.2, 0) is 6.54 Å². The van der Waals surface area contributed by atoms with Crippen molar-refractivity contribution in [2.45, 2.75) is 51.6 Å². The molecule has 0 atom stereocenters. The van der Waals surface area contributed by atoms with Crippen LogP contribution in [0.3, 0.4) is 0 Å². The van der Waals surface area contributed by atoms with E-state index in [1.807, 2.05) is 31.2 Å². The van der Waals surface area contributed by atoms with E-state index in [0.29, 0.717) is 17.7 Å². The van der Waals surface area contributed by atoms with Gasteiger partial charge in [0.25, 0.3) is 11.8 Å². The molecule has 1 aliphatic carbocycles. The fourth-order valence-electron chi connectivity index (χ4n) is 3.28. The molecule has 2 aromatic carbocycles. The van der Waals surface area contributed by atoms with E-state index in [4.69, 9.17) is 0 Å². The Balaban J connectivity index is 1.53. The summed E-state index contributed by atoms with van der Waals surface area (Å²) >= 11 is 0. The van der Waals surface area contributed by atoms with Crippen LogP contribution in [0, 0.1) is 6.92 Å². The Hall–Kier alpha value is -2.62. The number of amides is 2. The van der Waals surface area contributed by atoms with Crippen molar-refractivity contribution in [3.8, 4) is 0 Å². The number of nitrogens with one attached hydrogen (secondary N) is 2. The zero-order chi connectivity index (χ0) is 18.4. The maximum atomic E-state index is 12.3. The number of benzene rings is 2. The minimum absolute atomic E-state index is 0.0523. The minimum atomic E-state index is -0.134. The number of rotatable bonds is 5. The zero-order valence-corrected chi connectivity index (χ0v) is 15.3. The van der Waals surface area contributed by atoms with Gasteiger partial charge in [0, 0.05) is 23.7 Å². The second-order valence-electron chi connectivity index (χ2n) is 7.05. The van der Waals surface area contributed by atoms with Gasteiger partial charge in [-0.2, -0.15) is 0 Å². The fraction of sp³-hybridized carbons (Fsp3) is 0.364. The molecule has 3 rings (SSSR count). The van der Waals surface area contributed by atoms with Crippen molar-refractivity contribution in [2.75, 3.05) is 0 Å². The lowest BCUT2D eigenvalue weighted by molar-refractivity contribution is 0.0922. The summed E-state index contributed by atoms with van der Waals surface area (Å²) in [6, 6.07) is 15.2. The van der Waals surface area contributed by atoms with E-state index >= 15 is 0 Å². The Morgan fingerprint density at radius 2 is 1.42 bits per heavy atom. The van der Waals surface area contributed by atoms with Gasteiger partial charge in [0.2, 0.25) is 0 Å². The lowest BCUT2D eigenvalue weighted by atomic mass is 9.95. The average Bonchev–Trinajstić information content (AvgIpc) is 2.68. The van der Waals surface area contributed by atoms with Gasteiger partial charge in [-0.3, -0.25) is 9.59 Å². The van der Waals surface area contributed by atoms with Crippen molar-refractivity contribution in [2.24, 2.45) is 0 Å². The number of carbonyl (C=O) groups is 2. The van der Waals surface area contributed by atoms with Crippen LogP contribution in [0.4, 0.5) is 0 Å². The van der Waals surface area contributed by atoms with Gasteiger partial charge >= 0.3 is 0 Å². The molecule has 0 spiro atoms. The maximum absolute atomic E-state index is 12.3. The monoisotopic (exact) mass is 350 g/mol. The van der Waals surface area contributed by atoms with E-state index in [1.54, 1.807) is 24.3 Å². The van der Waals surface area contributed by atoms with Gasteiger partial charge in [-0.05, 0) is 49.6 Å². The summed E-state index contributed by atoms with van der Waals surface area (Å²) < 4.78 is 0. The largest absolute Gasteiger partial charge is 0.349 e. The van der Waals surface area contributed by atoms with E-state index in [1.165, 1.54) is 24.8 Å². The molecule has 0 bridgehead atoms. The summed E-state index contributed by atoms with van der Waals surface area (Å²) in [5.41, 5.74) is 3.42. The van der Waals surface area contributed by atoms with Crippen LogP contribution in [0.2, 0.25) is 0 Å². The first-order chi connectivity index (χ1) is 12.6. The van der Waals surface area contributed by atoms with Crippen molar-refractivity contribution in [1.82, 2.24) is 10.6 Å². The number of hydrogen-bond donors (Lipinski definition) is 2. The predicted molar refractivity (Wildman–Crippen MR) is 103 cm³/mol. The van der Waals surface area contributed by atoms with Crippen molar-refractivity contribution in [1.29, 1.82) is 0 Å². The minimum Gasteiger partial charge on any atom is -0.349 e. The fourth-order valence-corrected chi connectivity index (χ4v) is 3.28. The summed E-state index contributed by atoms with van der Waals surface area (Å²) in [5.74, 6) is -0.187. The molecule has 4 heteroatoms. The van der Waals surface area contributed by atoms with E-state index in [-0.39, 0.29) is 17.9 Å². The second-order valence-corrected chi connectivity index (χ2v) is 7.05. The van der Waals surface area contributed by atoms with Crippen molar-refractivity contribution in [3.63, 3.8) is 0 Å². The van der Waals surface area contributed by atoms with Crippen LogP contribution in [0.5, 0.6) is 0 Å². The van der Waals surface area contributed by atoms with Gasteiger partial charge in [-0.1, -0.05) is 49.1 Å². The highest BCUT2D eigenvalue weighted by atomic mass is 16.2. The van der Waals surface area contributed by atoms with Crippen LogP contribution >= 0.6 is 0 Å². The first-order valence-corrected chi connectivity index (χ1v) is 9.36. The summed E-state index contributed by atoms with van der Waals surface area (Å²) in [7, 11) is 0. The molecule has 1 saturated carbocycles. The topological polar surface area (TPSA) is 58.2 Å². The van der Waals surface area contributed by atoms with Crippen molar-refractivity contribution >= 4 is 11.8 Å². The number of hydrogen-bond acceptors (Lipinski definition) is 2. The van der Waals surface area contributed by atoms with E-state index in [9.17, 15) is 9.59 Å². The molecule has 1 aliphatic rings. The molecular weight excluding hydrogens is 324 g/mol. The third kappa shape index (κ3) is 4.94. The molecular formula is C22H26N2O2. The molecule has 0 aromatic heterocycles. The molecule has 0 saturated heterocycles. The molecule has 2 amide bonds. The molecule has 2 N–H and O–H groups in total. The highest BCUT2D eigenvalue weighted by Crippen LogP contribution is 2.18. The van der Waals surface area contributed by atoms with Gasteiger partial charge in [-0.15, -0.1) is 0 Å². The smallest absolute Gasteiger partial charge is 0.251 e. The Bertz CT molecular complexity index is 745. The molecule has 0 aliphatic heterocycles. The van der Waals surface area contributed by atoms with Gasteiger partial charge < -0.3 is 10.6 Å². The Morgan fingerprint density at radius 3 is 2.04 bits per heavy atom. The van der Waals surface area contributed by atoms with Gasteiger partial charge in [-0.25, -0.2) is 0 Å². The van der Waals surface area contributed by atoms with Crippen molar-refractivity contribution in [3.05, 3.63) is 70.8 Å². The molecule has 1 fully saturated rings. The molecule has 0 unspecified atom stereocenters. The van der Waals surface area contributed by atoms with E-state index in [2.05, 4.69) is 10.6 Å². The Labute approximate surface area is 155 Å². The highest BCUT2D eigenvalue weighted by Gasteiger charge is 2.16. The maximum Gasteiger partial charge on any atom is 0.251 e. The predicted octanol–water partition coefficient (Wildman–Crippen LogP) is 3.99. The van der Waals surface area contributed by atoms with E-state index in [0.717, 1.165) is 18.4 Å². The molecule has 26 heavy (non-hydrogen) atoms. The first-order valence-electron chi connectivity index (χ1n) is 9.36. The summed E-state index contributed by atoms with van der Waals surface area (Å²) in [5, 5.41) is 6.01. The third-order valence-electron chi connectivity index (χ3n) is 4.92. The van der Waals surface area contributed by atoms with Crippen LogP contribution in [0.15, 0.2) is 48.5 Å². The number of aryl methyl sites for hydroxylation is 1. The molecule has 136 valence electrons. The average molecular weight is 350 g/mol. The Kier molecular flexibility index (Phi) is 6.05. The normalized spacial score (nSPS) is 14.7. The standard InChI is InChI=1S/C22H26N2O2/c1-16-7-9-17(10-8-16)15-23-21(25)18-11-13-19(14-12-18)22(26)24-20-5-3-2-4-6-20/h7-14,20H,2-6,15H2,1H3,(H,23,25)(H,24,26).